The second-order valence-corrected chi connectivity index (χ2v) is 27.3. The second-order valence-electron chi connectivity index (χ2n) is 25.9. The van der Waals surface area contributed by atoms with Gasteiger partial charge >= 0.3 is 11.9 Å². The standard InChI is InChI=1S/C79H140NO8P/c1-6-8-10-12-14-16-18-20-22-24-26-28-30-32-34-36-37-38-39-40-41-42-44-45-47-49-51-53-55-57-59-61-63-65-67-69-71-78(81)85-75-77(76-87-89(83,84)86-74-73-80(3,4)5)88-79(82)72-70-68-66-64-62-60-58-56-54-52-50-48-46-43-35-33-31-29-27-25-23-21-19-17-15-13-11-9-7-2/h9,11,15,17,21,23,27,29,33,35,46,48,52,54,58,60,64,66,77H,6-8,10,12-14,16,18-20,22,24-26,28,30-32,34,36-45,47,49-51,53,55-57,59,61-63,65,67-76H2,1-5H3/b11-9-,17-15-,23-21-,29-27-,35-33-,48-46-,54-52-,60-58-,66-64-. The minimum atomic E-state index is -4.67. The van der Waals surface area contributed by atoms with E-state index in [9.17, 15) is 19.0 Å². The average Bonchev–Trinajstić information content (AvgIpc) is 3.60. The molecule has 2 atom stereocenters. The number of ether oxygens (including phenoxy) is 2. The largest absolute Gasteiger partial charge is 0.756 e. The fraction of sp³-hybridized carbons (Fsp3) is 0.747. The van der Waals surface area contributed by atoms with Gasteiger partial charge in [0.15, 0.2) is 6.10 Å². The molecule has 0 aromatic carbocycles. The van der Waals surface area contributed by atoms with Crippen LogP contribution in [0, 0.1) is 0 Å². The summed E-state index contributed by atoms with van der Waals surface area (Å²) in [5.41, 5.74) is 0. The summed E-state index contributed by atoms with van der Waals surface area (Å²) in [4.78, 5) is 38.1. The number of nitrogens with zero attached hydrogens (tertiary/aromatic N) is 1. The van der Waals surface area contributed by atoms with E-state index in [2.05, 4.69) is 117 Å². The maximum Gasteiger partial charge on any atom is 0.306 e. The number of hydrogen-bond donors (Lipinski definition) is 0. The van der Waals surface area contributed by atoms with Crippen LogP contribution in [-0.4, -0.2) is 70.0 Å². The van der Waals surface area contributed by atoms with Crippen LogP contribution in [-0.2, 0) is 32.7 Å². The van der Waals surface area contributed by atoms with E-state index in [1.807, 2.05) is 27.2 Å². The van der Waals surface area contributed by atoms with Crippen molar-refractivity contribution in [3.05, 3.63) is 109 Å². The van der Waals surface area contributed by atoms with E-state index in [-0.39, 0.29) is 26.1 Å². The van der Waals surface area contributed by atoms with Gasteiger partial charge in [-0.25, -0.2) is 0 Å². The fourth-order valence-corrected chi connectivity index (χ4v) is 11.2. The number of unbranched alkanes of at least 4 members (excludes halogenated alkanes) is 36. The number of hydrogen-bond acceptors (Lipinski definition) is 8. The summed E-state index contributed by atoms with van der Waals surface area (Å²) < 4.78 is 34.2. The molecule has 0 radical (unpaired) electrons. The Labute approximate surface area is 550 Å². The van der Waals surface area contributed by atoms with Crippen LogP contribution >= 0.6 is 7.82 Å². The number of carbonyl (C=O) groups excluding carboxylic acids is 2. The molecule has 10 heteroatoms. The number of likely N-dealkylation sites (N-methyl/N-ethyl adjacent to an activating group) is 1. The van der Waals surface area contributed by atoms with Gasteiger partial charge in [0.05, 0.1) is 27.7 Å². The van der Waals surface area contributed by atoms with Crippen molar-refractivity contribution in [2.45, 2.75) is 335 Å². The van der Waals surface area contributed by atoms with Crippen molar-refractivity contribution in [2.75, 3.05) is 47.5 Å². The molecule has 0 bridgehead atoms. The maximum absolute atomic E-state index is 12.8. The molecule has 514 valence electrons. The molecule has 0 aromatic rings. The number of esters is 2. The van der Waals surface area contributed by atoms with Gasteiger partial charge in [-0.05, 0) is 77.0 Å². The molecule has 0 rings (SSSR count). The molecule has 0 aliphatic rings. The molecular formula is C79H140NO8P. The smallest absolute Gasteiger partial charge is 0.306 e. The number of quaternary nitrogens is 1. The van der Waals surface area contributed by atoms with Crippen LogP contribution in [0.3, 0.4) is 0 Å². The third-order valence-corrected chi connectivity index (χ3v) is 17.0. The van der Waals surface area contributed by atoms with Crippen molar-refractivity contribution in [1.29, 1.82) is 0 Å². The Bertz CT molecular complexity index is 1870. The van der Waals surface area contributed by atoms with Gasteiger partial charge in [0, 0.05) is 12.8 Å². The van der Waals surface area contributed by atoms with Gasteiger partial charge < -0.3 is 27.9 Å². The zero-order valence-corrected chi connectivity index (χ0v) is 59.5. The summed E-state index contributed by atoms with van der Waals surface area (Å²) >= 11 is 0. The SMILES string of the molecule is CC/C=C\C/C=C\C/C=C\C/C=C\C/C=C\C/C=C\C/C=C\C/C=C\C/C=C\CCCC(=O)OC(COC(=O)CCCCCCCCCCCCCCCCCCCCCCCCCCCCCCCCCCCCCC)COP(=O)([O-])OCC[N+](C)(C)C. The lowest BCUT2D eigenvalue weighted by molar-refractivity contribution is -0.870. The molecule has 0 saturated heterocycles. The molecule has 0 amide bonds. The van der Waals surface area contributed by atoms with Gasteiger partial charge in [-0.1, -0.05) is 348 Å². The molecule has 0 aliphatic heterocycles. The molecule has 9 nitrogen and oxygen atoms in total. The molecule has 0 fully saturated rings. The summed E-state index contributed by atoms with van der Waals surface area (Å²) in [6.07, 6.45) is 97.9. The Hall–Kier alpha value is -3.33. The van der Waals surface area contributed by atoms with E-state index in [0.29, 0.717) is 23.9 Å². The third-order valence-electron chi connectivity index (χ3n) is 16.1. The highest BCUT2D eigenvalue weighted by atomic mass is 31.2. The number of phosphoric ester groups is 1. The third kappa shape index (κ3) is 73.6. The number of allylic oxidation sites excluding steroid dienone is 18. The zero-order chi connectivity index (χ0) is 64.8. The van der Waals surface area contributed by atoms with Crippen molar-refractivity contribution in [2.24, 2.45) is 0 Å². The highest BCUT2D eigenvalue weighted by Gasteiger charge is 2.22. The molecule has 2 unspecified atom stereocenters. The minimum absolute atomic E-state index is 0.0461. The zero-order valence-electron chi connectivity index (χ0n) is 58.6. The van der Waals surface area contributed by atoms with Crippen LogP contribution in [0.4, 0.5) is 0 Å². The monoisotopic (exact) mass is 1260 g/mol. The first-order valence-electron chi connectivity index (χ1n) is 37.1. The molecule has 0 aromatic heterocycles. The molecule has 0 aliphatic carbocycles. The maximum atomic E-state index is 12.8. The highest BCUT2D eigenvalue weighted by Crippen LogP contribution is 2.38. The summed E-state index contributed by atoms with van der Waals surface area (Å²) in [7, 11) is 1.13. The van der Waals surface area contributed by atoms with Gasteiger partial charge in [0.2, 0.25) is 0 Å². The van der Waals surface area contributed by atoms with E-state index in [4.69, 9.17) is 18.5 Å². The predicted molar refractivity (Wildman–Crippen MR) is 383 cm³/mol. The number of phosphoric acid groups is 1. The van der Waals surface area contributed by atoms with Gasteiger partial charge in [0.1, 0.15) is 19.8 Å². The first kappa shape index (κ1) is 85.7. The van der Waals surface area contributed by atoms with Crippen LogP contribution < -0.4 is 4.89 Å². The Balaban J connectivity index is 4.06. The van der Waals surface area contributed by atoms with E-state index >= 15 is 0 Å². The van der Waals surface area contributed by atoms with Crippen LogP contribution in [0.2, 0.25) is 0 Å². The topological polar surface area (TPSA) is 111 Å². The lowest BCUT2D eigenvalue weighted by Gasteiger charge is -2.28. The number of carbonyl (C=O) groups is 2. The first-order chi connectivity index (χ1) is 43.5. The van der Waals surface area contributed by atoms with Gasteiger partial charge in [0.25, 0.3) is 7.82 Å². The summed E-state index contributed by atoms with van der Waals surface area (Å²) in [6.45, 7) is 4.09. The average molecular weight is 1260 g/mol. The van der Waals surface area contributed by atoms with Crippen molar-refractivity contribution >= 4 is 19.8 Å². The minimum Gasteiger partial charge on any atom is -0.756 e. The fourth-order valence-electron chi connectivity index (χ4n) is 10.4. The molecule has 89 heavy (non-hydrogen) atoms. The Morgan fingerprint density at radius 3 is 0.944 bits per heavy atom. The number of rotatable bonds is 68. The second kappa shape index (κ2) is 69.0. The van der Waals surface area contributed by atoms with Crippen LogP contribution in [0.15, 0.2) is 109 Å². The Morgan fingerprint density at radius 2 is 0.640 bits per heavy atom. The van der Waals surface area contributed by atoms with Crippen molar-refractivity contribution in [3.8, 4) is 0 Å². The van der Waals surface area contributed by atoms with Gasteiger partial charge in [-0.2, -0.15) is 0 Å². The van der Waals surface area contributed by atoms with Gasteiger partial charge in [-0.15, -0.1) is 0 Å². The summed E-state index contributed by atoms with van der Waals surface area (Å²) in [6, 6.07) is 0. The van der Waals surface area contributed by atoms with Crippen molar-refractivity contribution in [3.63, 3.8) is 0 Å². The van der Waals surface area contributed by atoms with Crippen molar-refractivity contribution < 1.29 is 42.1 Å². The summed E-state index contributed by atoms with van der Waals surface area (Å²) in [5.74, 6) is -0.898. The highest BCUT2D eigenvalue weighted by molar-refractivity contribution is 7.45. The van der Waals surface area contributed by atoms with E-state index < -0.39 is 32.5 Å². The Morgan fingerprint density at radius 1 is 0.360 bits per heavy atom. The molecule has 0 heterocycles. The first-order valence-corrected chi connectivity index (χ1v) is 38.6. The molecule has 0 N–H and O–H groups in total. The lowest BCUT2D eigenvalue weighted by Crippen LogP contribution is -2.37. The van der Waals surface area contributed by atoms with Crippen LogP contribution in [0.1, 0.15) is 328 Å². The lowest BCUT2D eigenvalue weighted by atomic mass is 10.0. The summed E-state index contributed by atoms with van der Waals surface area (Å²) in [5, 5.41) is 0. The van der Waals surface area contributed by atoms with E-state index in [1.165, 1.54) is 212 Å². The van der Waals surface area contributed by atoms with Crippen molar-refractivity contribution in [1.82, 2.24) is 0 Å². The molecule has 0 saturated carbocycles. The van der Waals surface area contributed by atoms with Crippen LogP contribution in [0.5, 0.6) is 0 Å². The van der Waals surface area contributed by atoms with E-state index in [1.54, 1.807) is 0 Å². The quantitative estimate of drug-likeness (QED) is 0.0195. The normalized spacial score (nSPS) is 13.7. The Kier molecular flexibility index (Phi) is 66.4. The van der Waals surface area contributed by atoms with Gasteiger partial charge in [-0.3, -0.25) is 14.2 Å². The molecular weight excluding hydrogens is 1120 g/mol. The van der Waals surface area contributed by atoms with Crippen LogP contribution in [0.25, 0.3) is 0 Å². The van der Waals surface area contributed by atoms with E-state index in [0.717, 1.165) is 77.0 Å². The predicted octanol–water partition coefficient (Wildman–Crippen LogP) is 23.8. The molecule has 0 spiro atoms.